The zero-order chi connectivity index (χ0) is 17.9. The maximum Gasteiger partial charge on any atom is 0.283 e. The Morgan fingerprint density at radius 3 is 2.19 bits per heavy atom. The second-order valence-electron chi connectivity index (χ2n) is 4.98. The highest BCUT2D eigenvalue weighted by atomic mass is 35.5. The van der Waals surface area contributed by atoms with Gasteiger partial charge in [-0.2, -0.15) is 12.8 Å². The van der Waals surface area contributed by atoms with E-state index in [0.29, 0.717) is 16.3 Å². The largest absolute Gasteiger partial charge is 0.283 e. The molecule has 0 atom stereocenters. The van der Waals surface area contributed by atoms with Crippen LogP contribution in [0.4, 0.5) is 5.69 Å². The highest BCUT2D eigenvalue weighted by Gasteiger charge is 2.29. The van der Waals surface area contributed by atoms with Gasteiger partial charge in [0.25, 0.3) is 10.0 Å². The molecule has 2 aromatic rings. The summed E-state index contributed by atoms with van der Waals surface area (Å²) in [7, 11) is -4.12. The van der Waals surface area contributed by atoms with Gasteiger partial charge < -0.3 is 0 Å². The summed E-state index contributed by atoms with van der Waals surface area (Å²) in [4.78, 5) is 11.7. The Hall–Kier alpha value is -1.18. The lowest BCUT2D eigenvalue weighted by Gasteiger charge is -2.25. The van der Waals surface area contributed by atoms with Gasteiger partial charge in [-0.1, -0.05) is 48.3 Å². The average molecular weight is 460 g/mol. The van der Waals surface area contributed by atoms with Crippen molar-refractivity contribution in [2.45, 2.75) is 25.2 Å². The van der Waals surface area contributed by atoms with Crippen molar-refractivity contribution in [3.05, 3.63) is 58.1 Å². The minimum Gasteiger partial charge on any atom is -0.273 e. The number of rotatable bonds is 5. The molecule has 0 aromatic heterocycles. The first kappa shape index (κ1) is 24.8. The van der Waals surface area contributed by atoms with E-state index in [1.54, 1.807) is 44.2 Å². The number of benzene rings is 2. The van der Waals surface area contributed by atoms with Crippen LogP contribution in [0.1, 0.15) is 18.9 Å². The average Bonchev–Trinajstić information content (AvgIpc) is 2.57. The molecule has 0 saturated heterocycles. The molecule has 0 aliphatic rings. The second-order valence-corrected chi connectivity index (χ2v) is 7.52. The normalized spacial score (nSPS) is 10.3. The monoisotopic (exact) mass is 458 g/mol. The van der Waals surface area contributed by atoms with Crippen LogP contribution in [0.25, 0.3) is 0 Å². The molecule has 0 saturated carbocycles. The summed E-state index contributed by atoms with van der Waals surface area (Å²) >= 11 is 12.2. The third kappa shape index (κ3) is 5.18. The molecule has 26 heavy (non-hydrogen) atoms. The Labute approximate surface area is 175 Å². The summed E-state index contributed by atoms with van der Waals surface area (Å²) in [6.45, 7) is 3.26. The molecule has 0 unspecified atom stereocenters. The second kappa shape index (κ2) is 10.2. The van der Waals surface area contributed by atoms with Crippen LogP contribution in [-0.2, 0) is 14.8 Å². The van der Waals surface area contributed by atoms with E-state index in [4.69, 9.17) is 23.2 Å². The zero-order valence-electron chi connectivity index (χ0n) is 13.9. The highest BCUT2D eigenvalue weighted by molar-refractivity contribution is 7.92. The number of sulfonamides is 1. The summed E-state index contributed by atoms with van der Waals surface area (Å²) in [6.07, 6.45) is 0.131. The summed E-state index contributed by atoms with van der Waals surface area (Å²) in [5, 5.41) is 0.386. The van der Waals surface area contributed by atoms with Gasteiger partial charge in [0.1, 0.15) is 4.90 Å². The smallest absolute Gasteiger partial charge is 0.273 e. The Morgan fingerprint density at radius 2 is 1.65 bits per heavy atom. The standard InChI is InChI=1S/C16H16Cl2N2O3S.2ClH/c1-3-15(21)19-20(12-7-5-4-6-8-12)24(22,23)14-10-9-13(17)11(2)16(14)18;;/h4-10H,3H2,1-2H3,(H,19,21);2*1H. The number of halogens is 4. The molecular weight excluding hydrogens is 442 g/mol. The lowest BCUT2D eigenvalue weighted by Crippen LogP contribution is -2.46. The number of nitrogens with one attached hydrogen (secondary N) is 1. The minimum atomic E-state index is -4.12. The third-order valence-corrected chi connectivity index (χ3v) is 6.03. The predicted octanol–water partition coefficient (Wildman–Crippen LogP) is 4.78. The van der Waals surface area contributed by atoms with Crippen LogP contribution in [-0.4, -0.2) is 14.3 Å². The number of amides is 1. The zero-order valence-corrected chi connectivity index (χ0v) is 17.9. The van der Waals surface area contributed by atoms with Gasteiger partial charge in [0, 0.05) is 11.4 Å². The minimum absolute atomic E-state index is 0. The number of hydrogen-bond acceptors (Lipinski definition) is 3. The molecule has 1 N–H and O–H groups in total. The van der Waals surface area contributed by atoms with Crippen molar-refractivity contribution in [1.29, 1.82) is 0 Å². The van der Waals surface area contributed by atoms with Gasteiger partial charge in [-0.05, 0) is 36.8 Å². The van der Waals surface area contributed by atoms with Crippen molar-refractivity contribution in [3.63, 3.8) is 0 Å². The Morgan fingerprint density at radius 1 is 1.08 bits per heavy atom. The van der Waals surface area contributed by atoms with Crippen molar-refractivity contribution in [2.24, 2.45) is 0 Å². The first-order valence-electron chi connectivity index (χ1n) is 7.13. The first-order valence-corrected chi connectivity index (χ1v) is 9.33. The van der Waals surface area contributed by atoms with Crippen molar-refractivity contribution in [2.75, 3.05) is 4.41 Å². The summed E-state index contributed by atoms with van der Waals surface area (Å²) < 4.78 is 26.9. The van der Waals surface area contributed by atoms with Crippen LogP contribution < -0.4 is 9.84 Å². The molecule has 144 valence electrons. The van der Waals surface area contributed by atoms with E-state index in [-0.39, 0.29) is 41.2 Å². The molecule has 0 radical (unpaired) electrons. The fourth-order valence-corrected chi connectivity index (χ4v) is 4.05. The molecule has 2 aromatic carbocycles. The summed E-state index contributed by atoms with van der Waals surface area (Å²) in [5.41, 5.74) is 3.15. The number of anilines is 1. The van der Waals surface area contributed by atoms with Crippen molar-refractivity contribution in [1.82, 2.24) is 5.43 Å². The third-order valence-electron chi connectivity index (χ3n) is 3.34. The van der Waals surface area contributed by atoms with Crippen LogP contribution in [0, 0.1) is 6.92 Å². The summed E-state index contributed by atoms with van der Waals surface area (Å²) in [6, 6.07) is 11.0. The molecule has 0 aliphatic heterocycles. The number of carbonyl (C=O) groups is 1. The van der Waals surface area contributed by atoms with E-state index in [0.717, 1.165) is 4.41 Å². The van der Waals surface area contributed by atoms with E-state index >= 15 is 0 Å². The van der Waals surface area contributed by atoms with E-state index in [2.05, 4.69) is 5.43 Å². The Kier molecular flexibility index (Phi) is 9.77. The van der Waals surface area contributed by atoms with Crippen LogP contribution >= 0.6 is 48.0 Å². The van der Waals surface area contributed by atoms with Gasteiger partial charge in [0.2, 0.25) is 5.91 Å². The number of nitrogens with zero attached hydrogens (tertiary/aromatic N) is 1. The Bertz CT molecular complexity index is 861. The SMILES string of the molecule is CCC(=O)NN(c1ccccc1)S(=O)(=O)c1ccc(Cl)c(C)c1Cl.Cl.Cl. The topological polar surface area (TPSA) is 66.5 Å². The predicted molar refractivity (Wildman–Crippen MR) is 110 cm³/mol. The molecule has 0 aliphatic carbocycles. The van der Waals surface area contributed by atoms with E-state index in [9.17, 15) is 13.2 Å². The van der Waals surface area contributed by atoms with E-state index in [1.807, 2.05) is 0 Å². The molecule has 5 nitrogen and oxygen atoms in total. The first-order chi connectivity index (χ1) is 11.3. The van der Waals surface area contributed by atoms with Crippen LogP contribution in [0.3, 0.4) is 0 Å². The van der Waals surface area contributed by atoms with Crippen molar-refractivity contribution in [3.8, 4) is 0 Å². The van der Waals surface area contributed by atoms with Crippen molar-refractivity contribution < 1.29 is 13.2 Å². The quantitative estimate of drug-likeness (QED) is 0.654. The highest BCUT2D eigenvalue weighted by Crippen LogP contribution is 2.33. The molecular formula is C16H18Cl4N2O3S. The van der Waals surface area contributed by atoms with Gasteiger partial charge in [-0.15, -0.1) is 24.8 Å². The molecule has 1 amide bonds. The lowest BCUT2D eigenvalue weighted by molar-refractivity contribution is -0.120. The molecule has 0 bridgehead atoms. The van der Waals surface area contributed by atoms with Gasteiger partial charge in [-0.25, -0.2) is 0 Å². The fraction of sp³-hybridized carbons (Fsp3) is 0.188. The molecule has 2 rings (SSSR count). The number of hydrazine groups is 1. The van der Waals surface area contributed by atoms with Crippen LogP contribution in [0.15, 0.2) is 47.4 Å². The number of hydrogen-bond donors (Lipinski definition) is 1. The van der Waals surface area contributed by atoms with Crippen LogP contribution in [0.5, 0.6) is 0 Å². The van der Waals surface area contributed by atoms with Gasteiger partial charge in [-0.3, -0.25) is 10.2 Å². The van der Waals surface area contributed by atoms with Gasteiger partial charge in [0.05, 0.1) is 10.7 Å². The number of carbonyl (C=O) groups excluding carboxylic acids is 1. The van der Waals surface area contributed by atoms with E-state index in [1.165, 1.54) is 12.1 Å². The molecule has 0 spiro atoms. The number of para-hydroxylation sites is 1. The fourth-order valence-electron chi connectivity index (χ4n) is 1.95. The molecule has 10 heteroatoms. The maximum absolute atomic E-state index is 13.1. The van der Waals surface area contributed by atoms with Gasteiger partial charge >= 0.3 is 0 Å². The summed E-state index contributed by atoms with van der Waals surface area (Å²) in [5.74, 6) is -0.441. The molecule has 0 fully saturated rings. The Balaban J connectivity index is 0.00000312. The van der Waals surface area contributed by atoms with Crippen LogP contribution in [0.2, 0.25) is 10.0 Å². The van der Waals surface area contributed by atoms with E-state index < -0.39 is 15.9 Å². The van der Waals surface area contributed by atoms with Gasteiger partial charge in [0.15, 0.2) is 0 Å². The maximum atomic E-state index is 13.1. The molecule has 0 heterocycles. The van der Waals surface area contributed by atoms with Crippen molar-refractivity contribution >= 4 is 69.6 Å². The lowest BCUT2D eigenvalue weighted by atomic mass is 10.2.